The highest BCUT2D eigenvalue weighted by Gasteiger charge is 2.36. The Morgan fingerprint density at radius 3 is 2.38 bits per heavy atom. The molecule has 0 aliphatic carbocycles. The lowest BCUT2D eigenvalue weighted by Gasteiger charge is -2.24. The molecule has 0 aromatic carbocycles. The van der Waals surface area contributed by atoms with Crippen LogP contribution >= 0.6 is 0 Å². The highest BCUT2D eigenvalue weighted by molar-refractivity contribution is 6.03. The van der Waals surface area contributed by atoms with E-state index in [1.807, 2.05) is 13.8 Å². The number of rotatable bonds is 4. The summed E-state index contributed by atoms with van der Waals surface area (Å²) in [6.45, 7) is 7.33. The molecule has 90 valence electrons. The summed E-state index contributed by atoms with van der Waals surface area (Å²) in [6.07, 6.45) is 0.839. The van der Waals surface area contributed by atoms with Crippen molar-refractivity contribution in [3.05, 3.63) is 0 Å². The predicted octanol–water partition coefficient (Wildman–Crippen LogP) is 1.39. The zero-order chi connectivity index (χ0) is 12.5. The Morgan fingerprint density at radius 2 is 2.00 bits per heavy atom. The minimum atomic E-state index is -0.466. The number of carbonyl (C=O) groups excluding carboxylic acids is 3. The van der Waals surface area contributed by atoms with Crippen LogP contribution in [0.4, 0.5) is 0 Å². The summed E-state index contributed by atoms with van der Waals surface area (Å²) in [7, 11) is 0. The van der Waals surface area contributed by atoms with Crippen molar-refractivity contribution in [1.29, 1.82) is 0 Å². The lowest BCUT2D eigenvalue weighted by Crippen LogP contribution is -2.35. The molecule has 1 aliphatic heterocycles. The summed E-state index contributed by atoms with van der Waals surface area (Å²) >= 11 is 0. The third-order valence-electron chi connectivity index (χ3n) is 3.38. The fourth-order valence-corrected chi connectivity index (χ4v) is 1.65. The van der Waals surface area contributed by atoms with Gasteiger partial charge < -0.3 is 0 Å². The number of hydrogen-bond acceptors (Lipinski definition) is 3. The van der Waals surface area contributed by atoms with Gasteiger partial charge in [0, 0.05) is 24.3 Å². The summed E-state index contributed by atoms with van der Waals surface area (Å²) in [5.41, 5.74) is -0.466. The molecule has 1 fully saturated rings. The molecule has 0 radical (unpaired) electrons. The zero-order valence-corrected chi connectivity index (χ0v) is 10.4. The molecular formula is C12H19NO3. The summed E-state index contributed by atoms with van der Waals surface area (Å²) in [6, 6.07) is 0. The van der Waals surface area contributed by atoms with Crippen LogP contribution in [0.5, 0.6) is 0 Å². The van der Waals surface area contributed by atoms with Crippen LogP contribution < -0.4 is 0 Å². The Hall–Kier alpha value is -1.19. The smallest absolute Gasteiger partial charge is 0.232 e. The van der Waals surface area contributed by atoms with Gasteiger partial charge in [0.05, 0.1) is 0 Å². The minimum absolute atomic E-state index is 0.0830. The van der Waals surface area contributed by atoms with Crippen LogP contribution in [0.25, 0.3) is 0 Å². The van der Waals surface area contributed by atoms with Gasteiger partial charge in [0.2, 0.25) is 11.8 Å². The first-order chi connectivity index (χ1) is 7.25. The number of Topliss-reactive ketones (excluding diaryl/α,β-unsaturated/α-hetero) is 1. The number of ketones is 1. The number of likely N-dealkylation sites (tertiary alicyclic amines) is 1. The molecule has 4 heteroatoms. The van der Waals surface area contributed by atoms with E-state index in [0.717, 1.165) is 0 Å². The van der Waals surface area contributed by atoms with Gasteiger partial charge in [-0.1, -0.05) is 20.8 Å². The minimum Gasteiger partial charge on any atom is -0.299 e. The fourth-order valence-electron chi connectivity index (χ4n) is 1.65. The average Bonchev–Trinajstić information content (AvgIpc) is 2.39. The van der Waals surface area contributed by atoms with Crippen LogP contribution in [-0.4, -0.2) is 29.0 Å². The van der Waals surface area contributed by atoms with Crippen LogP contribution in [0.1, 0.15) is 40.5 Å². The number of amides is 2. The first-order valence-electron chi connectivity index (χ1n) is 5.61. The van der Waals surface area contributed by atoms with Crippen LogP contribution in [0.15, 0.2) is 0 Å². The zero-order valence-electron chi connectivity index (χ0n) is 10.4. The Bertz CT molecular complexity index is 333. The molecule has 0 saturated carbocycles. The molecule has 1 heterocycles. The van der Waals surface area contributed by atoms with Gasteiger partial charge in [-0.3, -0.25) is 19.3 Å². The third kappa shape index (κ3) is 2.49. The number of carbonyl (C=O) groups is 3. The normalized spacial score (nSPS) is 21.8. The molecule has 0 spiro atoms. The van der Waals surface area contributed by atoms with Gasteiger partial charge in [0.1, 0.15) is 5.78 Å². The molecule has 1 unspecified atom stereocenters. The molecule has 16 heavy (non-hydrogen) atoms. The lowest BCUT2D eigenvalue weighted by molar-refractivity contribution is -0.140. The number of imide groups is 1. The fraction of sp³-hybridized carbons (Fsp3) is 0.750. The van der Waals surface area contributed by atoms with Crippen molar-refractivity contribution in [3.63, 3.8) is 0 Å². The van der Waals surface area contributed by atoms with Crippen LogP contribution in [0.3, 0.4) is 0 Å². The van der Waals surface area contributed by atoms with Crippen LogP contribution in [0, 0.1) is 11.3 Å². The van der Waals surface area contributed by atoms with E-state index >= 15 is 0 Å². The second-order valence-corrected chi connectivity index (χ2v) is 5.18. The lowest BCUT2D eigenvalue weighted by atomic mass is 9.85. The van der Waals surface area contributed by atoms with Crippen molar-refractivity contribution in [1.82, 2.24) is 4.90 Å². The molecule has 4 nitrogen and oxygen atoms in total. The van der Waals surface area contributed by atoms with E-state index in [1.54, 1.807) is 6.92 Å². The molecular weight excluding hydrogens is 206 g/mol. The van der Waals surface area contributed by atoms with E-state index in [1.165, 1.54) is 11.8 Å². The van der Waals surface area contributed by atoms with Crippen molar-refractivity contribution in [3.8, 4) is 0 Å². The van der Waals surface area contributed by atoms with Crippen molar-refractivity contribution in [2.45, 2.75) is 40.5 Å². The van der Waals surface area contributed by atoms with Crippen LogP contribution in [-0.2, 0) is 14.4 Å². The molecule has 2 amide bonds. The standard InChI is InChI=1S/C12H19NO3/c1-8-7-10(15)13(11(8)16)6-5-12(3,4)9(2)14/h8H,5-7H2,1-4H3. The Morgan fingerprint density at radius 1 is 1.44 bits per heavy atom. The van der Waals surface area contributed by atoms with E-state index in [9.17, 15) is 14.4 Å². The molecule has 1 rings (SSSR count). The number of hydrogen-bond donors (Lipinski definition) is 0. The summed E-state index contributed by atoms with van der Waals surface area (Å²) in [5.74, 6) is -0.339. The van der Waals surface area contributed by atoms with Crippen molar-refractivity contribution in [2.24, 2.45) is 11.3 Å². The topological polar surface area (TPSA) is 54.5 Å². The predicted molar refractivity (Wildman–Crippen MR) is 59.6 cm³/mol. The maximum absolute atomic E-state index is 11.6. The van der Waals surface area contributed by atoms with Gasteiger partial charge in [0.15, 0.2) is 0 Å². The largest absolute Gasteiger partial charge is 0.299 e. The summed E-state index contributed by atoms with van der Waals surface area (Å²) in [4.78, 5) is 35.7. The van der Waals surface area contributed by atoms with E-state index in [4.69, 9.17) is 0 Å². The van der Waals surface area contributed by atoms with E-state index in [0.29, 0.717) is 19.4 Å². The van der Waals surface area contributed by atoms with Gasteiger partial charge >= 0.3 is 0 Å². The first kappa shape index (κ1) is 12.9. The second kappa shape index (κ2) is 4.36. The van der Waals surface area contributed by atoms with Crippen molar-refractivity contribution in [2.75, 3.05) is 6.54 Å². The van der Waals surface area contributed by atoms with Crippen molar-refractivity contribution >= 4 is 17.6 Å². The SMILES string of the molecule is CC(=O)C(C)(C)CCN1C(=O)CC(C)C1=O. The van der Waals surface area contributed by atoms with E-state index in [2.05, 4.69) is 0 Å². The second-order valence-electron chi connectivity index (χ2n) is 5.18. The van der Waals surface area contributed by atoms with Crippen LogP contribution in [0.2, 0.25) is 0 Å². The first-order valence-corrected chi connectivity index (χ1v) is 5.61. The highest BCUT2D eigenvalue weighted by atomic mass is 16.2. The quantitative estimate of drug-likeness (QED) is 0.679. The molecule has 1 aliphatic rings. The molecule has 1 saturated heterocycles. The monoisotopic (exact) mass is 225 g/mol. The molecule has 0 aromatic rings. The average molecular weight is 225 g/mol. The Labute approximate surface area is 96.0 Å². The van der Waals surface area contributed by atoms with Gasteiger partial charge in [-0.05, 0) is 13.3 Å². The summed E-state index contributed by atoms with van der Waals surface area (Å²) < 4.78 is 0. The maximum Gasteiger partial charge on any atom is 0.232 e. The molecule has 1 atom stereocenters. The summed E-state index contributed by atoms with van der Waals surface area (Å²) in [5, 5.41) is 0. The Kier molecular flexibility index (Phi) is 3.51. The third-order valence-corrected chi connectivity index (χ3v) is 3.38. The number of nitrogens with zero attached hydrogens (tertiary/aromatic N) is 1. The van der Waals surface area contributed by atoms with Gasteiger partial charge in [-0.15, -0.1) is 0 Å². The molecule has 0 bridgehead atoms. The van der Waals surface area contributed by atoms with Gasteiger partial charge in [0.25, 0.3) is 0 Å². The van der Waals surface area contributed by atoms with Crippen molar-refractivity contribution < 1.29 is 14.4 Å². The van der Waals surface area contributed by atoms with Gasteiger partial charge in [-0.2, -0.15) is 0 Å². The Balaban J connectivity index is 2.60. The van der Waals surface area contributed by atoms with E-state index in [-0.39, 0.29) is 23.5 Å². The highest BCUT2D eigenvalue weighted by Crippen LogP contribution is 2.25. The molecule has 0 N–H and O–H groups in total. The van der Waals surface area contributed by atoms with E-state index < -0.39 is 5.41 Å². The molecule has 0 aromatic heterocycles. The van der Waals surface area contributed by atoms with Gasteiger partial charge in [-0.25, -0.2) is 0 Å². The maximum atomic E-state index is 11.6.